The van der Waals surface area contributed by atoms with Crippen molar-refractivity contribution in [3.63, 3.8) is 0 Å². The molecule has 0 aromatic heterocycles. The number of nitrogens with zero attached hydrogens (tertiary/aromatic N) is 1. The quantitative estimate of drug-likeness (QED) is 0.716. The van der Waals surface area contributed by atoms with Crippen molar-refractivity contribution in [1.82, 2.24) is 4.31 Å². The Morgan fingerprint density at radius 1 is 1.15 bits per heavy atom. The Hall–Kier alpha value is -1.68. The van der Waals surface area contributed by atoms with E-state index in [-0.39, 0.29) is 40.4 Å². The molecule has 1 aliphatic heterocycles. The van der Waals surface area contributed by atoms with Gasteiger partial charge in [0.15, 0.2) is 0 Å². The van der Waals surface area contributed by atoms with Gasteiger partial charge in [-0.1, -0.05) is 0 Å². The van der Waals surface area contributed by atoms with Gasteiger partial charge in [-0.15, -0.1) is 12.4 Å². The SMILES string of the molecule is COC(=O)c1cc(C(=O)OC)cc(S(=O)(=O)N2CCCC(C(C)N)C2)c1.Cl. The summed E-state index contributed by atoms with van der Waals surface area (Å²) in [6.45, 7) is 2.52. The van der Waals surface area contributed by atoms with Crippen LogP contribution in [0, 0.1) is 5.92 Å². The second kappa shape index (κ2) is 9.50. The molecule has 2 atom stereocenters. The van der Waals surface area contributed by atoms with Crippen LogP contribution < -0.4 is 5.73 Å². The highest BCUT2D eigenvalue weighted by molar-refractivity contribution is 7.89. The number of hydrogen-bond donors (Lipinski definition) is 1. The Labute approximate surface area is 165 Å². The van der Waals surface area contributed by atoms with Crippen LogP contribution in [0.2, 0.25) is 0 Å². The molecule has 1 saturated heterocycles. The third-order valence-corrected chi connectivity index (χ3v) is 6.39. The maximum absolute atomic E-state index is 13.1. The highest BCUT2D eigenvalue weighted by Crippen LogP contribution is 2.26. The third kappa shape index (κ3) is 5.19. The molecule has 2 rings (SSSR count). The first-order valence-electron chi connectivity index (χ1n) is 8.28. The van der Waals surface area contributed by atoms with E-state index in [2.05, 4.69) is 9.47 Å². The number of nitrogens with two attached hydrogens (primary N) is 1. The summed E-state index contributed by atoms with van der Waals surface area (Å²) in [6, 6.07) is 3.55. The third-order valence-electron chi connectivity index (χ3n) is 4.55. The van der Waals surface area contributed by atoms with Crippen LogP contribution in [0.1, 0.15) is 40.5 Å². The molecule has 0 saturated carbocycles. The van der Waals surface area contributed by atoms with Gasteiger partial charge in [0.2, 0.25) is 10.0 Å². The molecular formula is C17H25ClN2O6S. The smallest absolute Gasteiger partial charge is 0.337 e. The minimum atomic E-state index is -3.89. The van der Waals surface area contributed by atoms with Crippen LogP contribution in [-0.4, -0.2) is 58.0 Å². The maximum atomic E-state index is 13.1. The minimum Gasteiger partial charge on any atom is -0.465 e. The van der Waals surface area contributed by atoms with E-state index in [1.807, 2.05) is 6.92 Å². The normalized spacial score (nSPS) is 18.9. The van der Waals surface area contributed by atoms with E-state index in [1.54, 1.807) is 0 Å². The first kappa shape index (κ1) is 23.4. The van der Waals surface area contributed by atoms with Gasteiger partial charge >= 0.3 is 11.9 Å². The molecule has 1 fully saturated rings. The Balaban J connectivity index is 0.00000364. The number of hydrogen-bond acceptors (Lipinski definition) is 7. The van der Waals surface area contributed by atoms with E-state index in [0.717, 1.165) is 6.42 Å². The topological polar surface area (TPSA) is 116 Å². The lowest BCUT2D eigenvalue weighted by Gasteiger charge is -2.33. The van der Waals surface area contributed by atoms with Crippen molar-refractivity contribution >= 4 is 34.4 Å². The molecule has 10 heteroatoms. The van der Waals surface area contributed by atoms with E-state index >= 15 is 0 Å². The first-order valence-corrected chi connectivity index (χ1v) is 9.72. The fourth-order valence-electron chi connectivity index (χ4n) is 2.99. The number of piperidine rings is 1. The van der Waals surface area contributed by atoms with Gasteiger partial charge in [0.1, 0.15) is 0 Å². The molecular weight excluding hydrogens is 396 g/mol. The molecule has 152 valence electrons. The van der Waals surface area contributed by atoms with E-state index in [4.69, 9.17) is 5.73 Å². The van der Waals surface area contributed by atoms with Crippen LogP contribution >= 0.6 is 12.4 Å². The number of carbonyl (C=O) groups is 2. The predicted octanol–water partition coefficient (Wildman–Crippen LogP) is 1.43. The molecule has 1 aliphatic rings. The van der Waals surface area contributed by atoms with Gasteiger partial charge in [-0.25, -0.2) is 18.0 Å². The molecule has 1 aromatic rings. The van der Waals surface area contributed by atoms with Crippen LogP contribution in [0.25, 0.3) is 0 Å². The van der Waals surface area contributed by atoms with Gasteiger partial charge in [0.05, 0.1) is 30.2 Å². The molecule has 8 nitrogen and oxygen atoms in total. The lowest BCUT2D eigenvalue weighted by molar-refractivity contribution is 0.0598. The van der Waals surface area contributed by atoms with Crippen LogP contribution in [0.3, 0.4) is 0 Å². The van der Waals surface area contributed by atoms with Gasteiger partial charge in [-0.05, 0) is 43.9 Å². The number of rotatable bonds is 5. The zero-order valence-corrected chi connectivity index (χ0v) is 17.1. The summed E-state index contributed by atoms with van der Waals surface area (Å²) >= 11 is 0. The summed E-state index contributed by atoms with van der Waals surface area (Å²) in [5, 5.41) is 0. The van der Waals surface area contributed by atoms with Crippen molar-refractivity contribution in [2.75, 3.05) is 27.3 Å². The van der Waals surface area contributed by atoms with Crippen molar-refractivity contribution in [3.8, 4) is 0 Å². The lowest BCUT2D eigenvalue weighted by Crippen LogP contribution is -2.45. The van der Waals surface area contributed by atoms with Crippen molar-refractivity contribution < 1.29 is 27.5 Å². The Morgan fingerprint density at radius 2 is 1.67 bits per heavy atom. The maximum Gasteiger partial charge on any atom is 0.337 e. The van der Waals surface area contributed by atoms with Crippen molar-refractivity contribution in [3.05, 3.63) is 29.3 Å². The summed E-state index contributed by atoms with van der Waals surface area (Å²) in [5.74, 6) is -1.42. The molecule has 0 radical (unpaired) electrons. The van der Waals surface area contributed by atoms with E-state index < -0.39 is 22.0 Å². The number of esters is 2. The van der Waals surface area contributed by atoms with Gasteiger partial charge in [-0.3, -0.25) is 0 Å². The highest BCUT2D eigenvalue weighted by atomic mass is 35.5. The number of carbonyl (C=O) groups excluding carboxylic acids is 2. The Bertz CT molecular complexity index is 762. The van der Waals surface area contributed by atoms with Crippen LogP contribution in [0.5, 0.6) is 0 Å². The molecule has 2 N–H and O–H groups in total. The lowest BCUT2D eigenvalue weighted by atomic mass is 9.93. The Kier molecular flexibility index (Phi) is 8.22. The van der Waals surface area contributed by atoms with Crippen LogP contribution in [0.4, 0.5) is 0 Å². The zero-order chi connectivity index (χ0) is 19.5. The molecule has 1 aromatic carbocycles. The van der Waals surface area contributed by atoms with Gasteiger partial charge in [0, 0.05) is 19.1 Å². The summed E-state index contributed by atoms with van der Waals surface area (Å²) < 4.78 is 36.8. The summed E-state index contributed by atoms with van der Waals surface area (Å²) in [7, 11) is -1.54. The van der Waals surface area contributed by atoms with Crippen LogP contribution in [0.15, 0.2) is 23.1 Å². The second-order valence-corrected chi connectivity index (χ2v) is 8.29. The van der Waals surface area contributed by atoms with Gasteiger partial charge in [-0.2, -0.15) is 4.31 Å². The fraction of sp³-hybridized carbons (Fsp3) is 0.529. The molecule has 0 bridgehead atoms. The average Bonchev–Trinajstić information content (AvgIpc) is 2.66. The van der Waals surface area contributed by atoms with E-state index in [0.29, 0.717) is 19.5 Å². The number of halogens is 1. The highest BCUT2D eigenvalue weighted by Gasteiger charge is 2.32. The van der Waals surface area contributed by atoms with Gasteiger partial charge in [0.25, 0.3) is 0 Å². The number of ether oxygens (including phenoxy) is 2. The summed E-state index contributed by atoms with van der Waals surface area (Å²) in [6.07, 6.45) is 1.56. The largest absolute Gasteiger partial charge is 0.465 e. The summed E-state index contributed by atoms with van der Waals surface area (Å²) in [5.41, 5.74) is 5.87. The van der Waals surface area contributed by atoms with Gasteiger partial charge < -0.3 is 15.2 Å². The second-order valence-electron chi connectivity index (χ2n) is 6.35. The van der Waals surface area contributed by atoms with Crippen molar-refractivity contribution in [2.24, 2.45) is 11.7 Å². The standard InChI is InChI=1S/C17H24N2O6S.ClH/c1-11(18)12-5-4-6-19(10-12)26(22,23)15-8-13(16(20)24-2)7-14(9-15)17(21)25-3;/h7-9,11-12H,4-6,10,18H2,1-3H3;1H. The molecule has 0 spiro atoms. The molecule has 1 heterocycles. The van der Waals surface area contributed by atoms with E-state index in [1.165, 1.54) is 36.7 Å². The first-order chi connectivity index (χ1) is 12.2. The summed E-state index contributed by atoms with van der Waals surface area (Å²) in [4.78, 5) is 23.6. The number of benzene rings is 1. The molecule has 0 amide bonds. The minimum absolute atomic E-state index is 0. The molecule has 27 heavy (non-hydrogen) atoms. The monoisotopic (exact) mass is 420 g/mol. The predicted molar refractivity (Wildman–Crippen MR) is 102 cm³/mol. The molecule has 0 aliphatic carbocycles. The van der Waals surface area contributed by atoms with E-state index in [9.17, 15) is 18.0 Å². The fourth-order valence-corrected chi connectivity index (χ4v) is 4.60. The van der Waals surface area contributed by atoms with Crippen molar-refractivity contribution in [2.45, 2.75) is 30.7 Å². The number of methoxy groups -OCH3 is 2. The Morgan fingerprint density at radius 3 is 2.11 bits per heavy atom. The zero-order valence-electron chi connectivity index (χ0n) is 15.5. The van der Waals surface area contributed by atoms with Crippen LogP contribution in [-0.2, 0) is 19.5 Å². The van der Waals surface area contributed by atoms with Crippen molar-refractivity contribution in [1.29, 1.82) is 0 Å². The number of sulfonamides is 1. The molecule has 2 unspecified atom stereocenters. The average molecular weight is 421 g/mol.